The lowest BCUT2D eigenvalue weighted by molar-refractivity contribution is 0.621. The van der Waals surface area contributed by atoms with Gasteiger partial charge in [-0.3, -0.25) is 4.98 Å². The maximum Gasteiger partial charge on any atom is 0.123 e. The maximum absolute atomic E-state index is 13.0. The number of hydrogen-bond acceptors (Lipinski definition) is 2. The molecule has 0 amide bonds. The minimum atomic E-state index is -0.231. The van der Waals surface area contributed by atoms with Crippen LogP contribution in [0.15, 0.2) is 48.7 Å². The molecule has 0 fully saturated rings. The SMILES string of the molecule is NC(Cc1cccc(F)c1)c1ccccn1. The normalized spacial score (nSPS) is 12.4. The Hall–Kier alpha value is -1.74. The van der Waals surface area contributed by atoms with E-state index in [1.165, 1.54) is 12.1 Å². The molecule has 2 N–H and O–H groups in total. The fourth-order valence-corrected chi connectivity index (χ4v) is 1.62. The average Bonchev–Trinajstić information content (AvgIpc) is 2.30. The van der Waals surface area contributed by atoms with Crippen LogP contribution in [0.2, 0.25) is 0 Å². The van der Waals surface area contributed by atoms with Crippen LogP contribution in [0.3, 0.4) is 0 Å². The van der Waals surface area contributed by atoms with E-state index in [1.807, 2.05) is 24.3 Å². The molecule has 1 atom stereocenters. The van der Waals surface area contributed by atoms with Crippen LogP contribution in [0.1, 0.15) is 17.3 Å². The molecule has 0 aliphatic carbocycles. The van der Waals surface area contributed by atoms with Crippen LogP contribution in [0.4, 0.5) is 4.39 Å². The second-order valence-electron chi connectivity index (χ2n) is 3.70. The minimum absolute atomic E-state index is 0.192. The van der Waals surface area contributed by atoms with E-state index < -0.39 is 0 Å². The van der Waals surface area contributed by atoms with Crippen molar-refractivity contribution in [3.05, 3.63) is 65.7 Å². The van der Waals surface area contributed by atoms with Crippen LogP contribution in [0.25, 0.3) is 0 Å². The van der Waals surface area contributed by atoms with Crippen LogP contribution in [-0.2, 0) is 6.42 Å². The molecule has 0 radical (unpaired) electrons. The summed E-state index contributed by atoms with van der Waals surface area (Å²) in [4.78, 5) is 4.18. The van der Waals surface area contributed by atoms with Crippen molar-refractivity contribution in [2.24, 2.45) is 5.73 Å². The first-order valence-electron chi connectivity index (χ1n) is 5.16. The monoisotopic (exact) mass is 216 g/mol. The summed E-state index contributed by atoms with van der Waals surface area (Å²) in [7, 11) is 0. The van der Waals surface area contributed by atoms with Gasteiger partial charge in [-0.05, 0) is 36.2 Å². The summed E-state index contributed by atoms with van der Waals surface area (Å²) in [5.74, 6) is -0.231. The molecular formula is C13H13FN2. The molecule has 16 heavy (non-hydrogen) atoms. The molecule has 2 rings (SSSR count). The first kappa shape index (κ1) is 10.8. The van der Waals surface area contributed by atoms with Crippen molar-refractivity contribution in [3.63, 3.8) is 0 Å². The quantitative estimate of drug-likeness (QED) is 0.856. The van der Waals surface area contributed by atoms with Gasteiger partial charge in [0, 0.05) is 6.20 Å². The summed E-state index contributed by atoms with van der Waals surface area (Å²) in [5.41, 5.74) is 7.71. The van der Waals surface area contributed by atoms with Gasteiger partial charge in [-0.25, -0.2) is 4.39 Å². The average molecular weight is 216 g/mol. The van der Waals surface area contributed by atoms with Crippen molar-refractivity contribution in [3.8, 4) is 0 Å². The van der Waals surface area contributed by atoms with Crippen molar-refractivity contribution in [2.75, 3.05) is 0 Å². The van der Waals surface area contributed by atoms with Gasteiger partial charge >= 0.3 is 0 Å². The largest absolute Gasteiger partial charge is 0.322 e. The Bertz CT molecular complexity index is 456. The van der Waals surface area contributed by atoms with E-state index in [4.69, 9.17) is 5.73 Å². The number of halogens is 1. The highest BCUT2D eigenvalue weighted by Gasteiger charge is 2.08. The number of pyridine rings is 1. The molecule has 3 heteroatoms. The molecule has 0 aliphatic heterocycles. The summed E-state index contributed by atoms with van der Waals surface area (Å²) in [6.07, 6.45) is 2.30. The fourth-order valence-electron chi connectivity index (χ4n) is 1.62. The molecular weight excluding hydrogens is 203 g/mol. The molecule has 0 saturated heterocycles. The van der Waals surface area contributed by atoms with E-state index >= 15 is 0 Å². The van der Waals surface area contributed by atoms with Gasteiger partial charge in [0.25, 0.3) is 0 Å². The summed E-state index contributed by atoms with van der Waals surface area (Å²) in [5, 5.41) is 0. The predicted octanol–water partition coefficient (Wildman–Crippen LogP) is 2.46. The molecule has 2 aromatic rings. The Morgan fingerprint density at radius 1 is 1.19 bits per heavy atom. The van der Waals surface area contributed by atoms with Gasteiger partial charge in [0.1, 0.15) is 5.82 Å². The third-order valence-corrected chi connectivity index (χ3v) is 2.41. The Morgan fingerprint density at radius 2 is 2.06 bits per heavy atom. The van der Waals surface area contributed by atoms with Crippen molar-refractivity contribution < 1.29 is 4.39 Å². The van der Waals surface area contributed by atoms with E-state index in [0.29, 0.717) is 6.42 Å². The molecule has 1 unspecified atom stereocenters. The van der Waals surface area contributed by atoms with E-state index in [9.17, 15) is 4.39 Å². The highest BCUT2D eigenvalue weighted by molar-refractivity contribution is 5.20. The van der Waals surface area contributed by atoms with E-state index in [1.54, 1.807) is 12.3 Å². The fraction of sp³-hybridized carbons (Fsp3) is 0.154. The molecule has 1 heterocycles. The molecule has 0 spiro atoms. The Balaban J connectivity index is 2.11. The summed E-state index contributed by atoms with van der Waals surface area (Å²) in [6, 6.07) is 11.9. The molecule has 82 valence electrons. The third kappa shape index (κ3) is 2.64. The number of nitrogens with zero attached hydrogens (tertiary/aromatic N) is 1. The smallest absolute Gasteiger partial charge is 0.123 e. The number of rotatable bonds is 3. The lowest BCUT2D eigenvalue weighted by Crippen LogP contribution is -2.14. The van der Waals surface area contributed by atoms with Crippen molar-refractivity contribution in [1.82, 2.24) is 4.98 Å². The van der Waals surface area contributed by atoms with Gasteiger partial charge in [0.2, 0.25) is 0 Å². The number of hydrogen-bond donors (Lipinski definition) is 1. The van der Waals surface area contributed by atoms with Crippen LogP contribution in [0, 0.1) is 5.82 Å². The molecule has 0 saturated carbocycles. The highest BCUT2D eigenvalue weighted by atomic mass is 19.1. The molecule has 2 nitrogen and oxygen atoms in total. The Labute approximate surface area is 93.9 Å². The summed E-state index contributed by atoms with van der Waals surface area (Å²) >= 11 is 0. The standard InChI is InChI=1S/C13H13FN2/c14-11-5-3-4-10(8-11)9-12(15)13-6-1-2-7-16-13/h1-8,12H,9,15H2. The zero-order chi connectivity index (χ0) is 11.4. The summed E-state index contributed by atoms with van der Waals surface area (Å²) in [6.45, 7) is 0. The number of aromatic nitrogens is 1. The first-order chi connectivity index (χ1) is 7.75. The predicted molar refractivity (Wildman–Crippen MR) is 61.3 cm³/mol. The lowest BCUT2D eigenvalue weighted by Gasteiger charge is -2.10. The molecule has 0 aliphatic rings. The minimum Gasteiger partial charge on any atom is -0.322 e. The Kier molecular flexibility index (Phi) is 3.27. The van der Waals surface area contributed by atoms with Gasteiger partial charge in [-0.2, -0.15) is 0 Å². The van der Waals surface area contributed by atoms with Gasteiger partial charge in [-0.1, -0.05) is 18.2 Å². The van der Waals surface area contributed by atoms with Crippen LogP contribution in [-0.4, -0.2) is 4.98 Å². The van der Waals surface area contributed by atoms with Crippen molar-refractivity contribution >= 4 is 0 Å². The molecule has 0 bridgehead atoms. The molecule has 1 aromatic carbocycles. The van der Waals surface area contributed by atoms with E-state index in [-0.39, 0.29) is 11.9 Å². The Morgan fingerprint density at radius 3 is 2.75 bits per heavy atom. The van der Waals surface area contributed by atoms with Crippen LogP contribution >= 0.6 is 0 Å². The molecule has 1 aromatic heterocycles. The van der Waals surface area contributed by atoms with Crippen LogP contribution < -0.4 is 5.73 Å². The maximum atomic E-state index is 13.0. The van der Waals surface area contributed by atoms with E-state index in [0.717, 1.165) is 11.3 Å². The zero-order valence-electron chi connectivity index (χ0n) is 8.81. The van der Waals surface area contributed by atoms with Crippen molar-refractivity contribution in [2.45, 2.75) is 12.5 Å². The van der Waals surface area contributed by atoms with Gasteiger partial charge in [0.05, 0.1) is 11.7 Å². The van der Waals surface area contributed by atoms with Crippen molar-refractivity contribution in [1.29, 1.82) is 0 Å². The second kappa shape index (κ2) is 4.86. The van der Waals surface area contributed by atoms with Gasteiger partial charge in [0.15, 0.2) is 0 Å². The van der Waals surface area contributed by atoms with Gasteiger partial charge in [-0.15, -0.1) is 0 Å². The highest BCUT2D eigenvalue weighted by Crippen LogP contribution is 2.14. The summed E-state index contributed by atoms with van der Waals surface area (Å²) < 4.78 is 13.0. The first-order valence-corrected chi connectivity index (χ1v) is 5.16. The third-order valence-electron chi connectivity index (χ3n) is 2.41. The second-order valence-corrected chi connectivity index (χ2v) is 3.70. The van der Waals surface area contributed by atoms with Crippen LogP contribution in [0.5, 0.6) is 0 Å². The number of nitrogens with two attached hydrogens (primary N) is 1. The van der Waals surface area contributed by atoms with Gasteiger partial charge < -0.3 is 5.73 Å². The lowest BCUT2D eigenvalue weighted by atomic mass is 10.0. The number of benzene rings is 1. The van der Waals surface area contributed by atoms with E-state index in [2.05, 4.69) is 4.98 Å². The zero-order valence-corrected chi connectivity index (χ0v) is 8.81. The topological polar surface area (TPSA) is 38.9 Å².